The highest BCUT2D eigenvalue weighted by molar-refractivity contribution is 7.18. The van der Waals surface area contributed by atoms with Gasteiger partial charge in [-0.15, -0.1) is 11.3 Å². The van der Waals surface area contributed by atoms with Crippen LogP contribution in [0.5, 0.6) is 0 Å². The van der Waals surface area contributed by atoms with Crippen LogP contribution < -0.4 is 11.2 Å². The minimum atomic E-state index is -0.440. The van der Waals surface area contributed by atoms with Crippen LogP contribution in [0.3, 0.4) is 0 Å². The molecule has 1 atom stereocenters. The largest absolute Gasteiger partial charge is 0.340 e. The minimum absolute atomic E-state index is 0.0772. The number of nitrogens with zero attached hydrogens (tertiary/aromatic N) is 4. The van der Waals surface area contributed by atoms with E-state index in [0.29, 0.717) is 24.0 Å². The Bertz CT molecular complexity index is 1400. The monoisotopic (exact) mass is 448 g/mol. The highest BCUT2D eigenvalue weighted by atomic mass is 32.1. The lowest BCUT2D eigenvalue weighted by Gasteiger charge is -2.32. The van der Waals surface area contributed by atoms with Gasteiger partial charge in [0.25, 0.3) is 5.56 Å². The number of carbonyl (C=O) groups is 1. The SMILES string of the molecule is CCn1c(=O)c2ccccc2n(CC(=O)N2CCC[C@H](c3nc4ccccc4s3)C2)c1=O. The number of hydrogen-bond acceptors (Lipinski definition) is 5. The highest BCUT2D eigenvalue weighted by Gasteiger charge is 2.27. The lowest BCUT2D eigenvalue weighted by Crippen LogP contribution is -2.45. The first-order valence-corrected chi connectivity index (χ1v) is 11.7. The topological polar surface area (TPSA) is 77.2 Å². The second-order valence-electron chi connectivity index (χ2n) is 8.13. The van der Waals surface area contributed by atoms with Gasteiger partial charge in [-0.3, -0.25) is 18.7 Å². The average molecular weight is 449 g/mol. The number of hydrogen-bond donors (Lipinski definition) is 0. The number of rotatable bonds is 4. The molecule has 32 heavy (non-hydrogen) atoms. The highest BCUT2D eigenvalue weighted by Crippen LogP contribution is 2.33. The molecule has 1 amide bonds. The number of aromatic nitrogens is 3. The summed E-state index contributed by atoms with van der Waals surface area (Å²) in [5, 5.41) is 1.51. The van der Waals surface area contributed by atoms with Gasteiger partial charge in [0, 0.05) is 25.6 Å². The van der Waals surface area contributed by atoms with Gasteiger partial charge in [-0.25, -0.2) is 9.78 Å². The second kappa shape index (κ2) is 8.35. The zero-order chi connectivity index (χ0) is 22.2. The first-order valence-electron chi connectivity index (χ1n) is 10.9. The molecule has 2 aromatic heterocycles. The van der Waals surface area contributed by atoms with Gasteiger partial charge in [-0.05, 0) is 44.0 Å². The number of benzene rings is 2. The van der Waals surface area contributed by atoms with Crippen molar-refractivity contribution in [2.75, 3.05) is 13.1 Å². The zero-order valence-electron chi connectivity index (χ0n) is 17.9. The summed E-state index contributed by atoms with van der Waals surface area (Å²) >= 11 is 1.69. The molecule has 0 aliphatic carbocycles. The summed E-state index contributed by atoms with van der Waals surface area (Å²) in [6, 6.07) is 15.1. The summed E-state index contributed by atoms with van der Waals surface area (Å²) in [7, 11) is 0. The number of para-hydroxylation sites is 2. The molecule has 7 nitrogen and oxygen atoms in total. The molecule has 0 spiro atoms. The molecule has 2 aromatic carbocycles. The maximum atomic E-state index is 13.3. The lowest BCUT2D eigenvalue weighted by molar-refractivity contribution is -0.133. The van der Waals surface area contributed by atoms with Gasteiger partial charge in [0.2, 0.25) is 5.91 Å². The fraction of sp³-hybridized carbons (Fsp3) is 0.333. The van der Waals surface area contributed by atoms with E-state index in [-0.39, 0.29) is 30.5 Å². The summed E-state index contributed by atoms with van der Waals surface area (Å²) in [4.78, 5) is 45.5. The van der Waals surface area contributed by atoms with E-state index in [1.54, 1.807) is 42.5 Å². The number of amides is 1. The van der Waals surface area contributed by atoms with Crippen LogP contribution in [0.15, 0.2) is 58.1 Å². The van der Waals surface area contributed by atoms with Crippen molar-refractivity contribution in [2.45, 2.75) is 38.8 Å². The Hall–Kier alpha value is -3.26. The Morgan fingerprint density at radius 2 is 1.88 bits per heavy atom. The molecule has 8 heteroatoms. The summed E-state index contributed by atoms with van der Waals surface area (Å²) in [6.45, 7) is 3.21. The average Bonchev–Trinajstić information content (AvgIpc) is 3.26. The number of carbonyl (C=O) groups excluding carboxylic acids is 1. The predicted octanol–water partition coefficient (Wildman–Crippen LogP) is 3.20. The van der Waals surface area contributed by atoms with Crippen molar-refractivity contribution in [1.29, 1.82) is 0 Å². The van der Waals surface area contributed by atoms with Gasteiger partial charge >= 0.3 is 5.69 Å². The van der Waals surface area contributed by atoms with Crippen molar-refractivity contribution < 1.29 is 4.79 Å². The van der Waals surface area contributed by atoms with Crippen LogP contribution >= 0.6 is 11.3 Å². The van der Waals surface area contributed by atoms with Crippen LogP contribution in [0.2, 0.25) is 0 Å². The fourth-order valence-electron chi connectivity index (χ4n) is 4.51. The van der Waals surface area contributed by atoms with Crippen molar-refractivity contribution in [3.8, 4) is 0 Å². The van der Waals surface area contributed by atoms with Gasteiger partial charge in [0.05, 0.1) is 26.1 Å². The molecule has 0 saturated carbocycles. The summed E-state index contributed by atoms with van der Waals surface area (Å²) in [5.41, 5.74) is 0.742. The molecule has 5 rings (SSSR count). The molecule has 4 aromatic rings. The van der Waals surface area contributed by atoms with Crippen LogP contribution in [-0.2, 0) is 17.9 Å². The van der Waals surface area contributed by atoms with E-state index in [2.05, 4.69) is 6.07 Å². The normalized spacial score (nSPS) is 16.7. The van der Waals surface area contributed by atoms with Crippen molar-refractivity contribution in [2.24, 2.45) is 0 Å². The molecule has 3 heterocycles. The molecule has 1 aliphatic rings. The molecular weight excluding hydrogens is 424 g/mol. The van der Waals surface area contributed by atoms with Crippen LogP contribution in [0.4, 0.5) is 0 Å². The molecule has 0 unspecified atom stereocenters. The fourth-order valence-corrected chi connectivity index (χ4v) is 5.60. The summed E-state index contributed by atoms with van der Waals surface area (Å²) in [5.74, 6) is 0.0903. The lowest BCUT2D eigenvalue weighted by atomic mass is 9.98. The number of likely N-dealkylation sites (tertiary alicyclic amines) is 1. The maximum Gasteiger partial charge on any atom is 0.331 e. The van der Waals surface area contributed by atoms with Gasteiger partial charge in [-0.2, -0.15) is 0 Å². The van der Waals surface area contributed by atoms with Crippen LogP contribution in [0.1, 0.15) is 30.7 Å². The van der Waals surface area contributed by atoms with Crippen LogP contribution in [0.25, 0.3) is 21.1 Å². The van der Waals surface area contributed by atoms with Crippen molar-refractivity contribution in [3.63, 3.8) is 0 Å². The van der Waals surface area contributed by atoms with E-state index in [4.69, 9.17) is 4.98 Å². The number of fused-ring (bicyclic) bond motifs is 2. The molecule has 164 valence electrons. The Balaban J connectivity index is 1.43. The molecule has 1 saturated heterocycles. The molecule has 0 radical (unpaired) electrons. The number of thiazole rings is 1. The van der Waals surface area contributed by atoms with Gasteiger partial charge in [0.15, 0.2) is 0 Å². The van der Waals surface area contributed by atoms with Crippen molar-refractivity contribution in [3.05, 3.63) is 74.4 Å². The first-order chi connectivity index (χ1) is 15.6. The third kappa shape index (κ3) is 3.54. The Morgan fingerprint density at radius 3 is 2.69 bits per heavy atom. The third-order valence-corrected chi connectivity index (χ3v) is 7.37. The maximum absolute atomic E-state index is 13.3. The zero-order valence-corrected chi connectivity index (χ0v) is 18.7. The Labute approximate surface area is 188 Å². The first kappa shape index (κ1) is 20.6. The molecular formula is C24H24N4O3S. The second-order valence-corrected chi connectivity index (χ2v) is 9.20. The molecule has 0 bridgehead atoms. The molecule has 0 N–H and O–H groups in total. The summed E-state index contributed by atoms with van der Waals surface area (Å²) in [6.07, 6.45) is 1.89. The quantitative estimate of drug-likeness (QED) is 0.480. The standard InChI is InChI=1S/C24H24N4O3S/c1-2-27-23(30)17-9-3-5-11-19(17)28(24(27)31)15-21(29)26-13-7-8-16(14-26)22-25-18-10-4-6-12-20(18)32-22/h3-6,9-12,16H,2,7-8,13-15H2,1H3/t16-/m0/s1. The van der Waals surface area contributed by atoms with Crippen molar-refractivity contribution in [1.82, 2.24) is 19.0 Å². The minimum Gasteiger partial charge on any atom is -0.340 e. The predicted molar refractivity (Wildman–Crippen MR) is 126 cm³/mol. The Morgan fingerprint density at radius 1 is 1.09 bits per heavy atom. The third-order valence-electron chi connectivity index (χ3n) is 6.18. The van der Waals surface area contributed by atoms with E-state index < -0.39 is 5.69 Å². The van der Waals surface area contributed by atoms with Crippen LogP contribution in [0, 0.1) is 0 Å². The van der Waals surface area contributed by atoms with E-state index >= 15 is 0 Å². The van der Waals surface area contributed by atoms with Gasteiger partial charge in [0.1, 0.15) is 6.54 Å². The van der Waals surface area contributed by atoms with E-state index in [1.165, 1.54) is 9.13 Å². The Kier molecular flexibility index (Phi) is 5.38. The van der Waals surface area contributed by atoms with Gasteiger partial charge in [-0.1, -0.05) is 24.3 Å². The van der Waals surface area contributed by atoms with E-state index in [0.717, 1.165) is 28.1 Å². The molecule has 1 fully saturated rings. The molecule has 1 aliphatic heterocycles. The number of piperidine rings is 1. The van der Waals surface area contributed by atoms with Crippen LogP contribution in [-0.4, -0.2) is 38.0 Å². The van der Waals surface area contributed by atoms with Gasteiger partial charge < -0.3 is 4.90 Å². The van der Waals surface area contributed by atoms with Crippen molar-refractivity contribution >= 4 is 38.4 Å². The summed E-state index contributed by atoms with van der Waals surface area (Å²) < 4.78 is 3.78. The smallest absolute Gasteiger partial charge is 0.331 e. The van der Waals surface area contributed by atoms with E-state index in [9.17, 15) is 14.4 Å². The van der Waals surface area contributed by atoms with E-state index in [1.807, 2.05) is 23.1 Å².